The number of halogens is 7. The molecule has 2 rings (SSSR count). The molecular weight excluding hydrogens is 427 g/mol. The molecule has 29 heavy (non-hydrogen) atoms. The molecule has 3 nitrogen and oxygen atoms in total. The Morgan fingerprint density at radius 1 is 0.828 bits per heavy atom. The molecule has 0 unspecified atom stereocenters. The topological polar surface area (TPSA) is 46.2 Å². The van der Waals surface area contributed by atoms with E-state index in [1.165, 1.54) is 17.4 Å². The minimum atomic E-state index is -6.64. The summed E-state index contributed by atoms with van der Waals surface area (Å²) in [5, 5.41) is 0.607. The van der Waals surface area contributed by atoms with Gasteiger partial charge in [-0.3, -0.25) is 9.59 Å². The van der Waals surface area contributed by atoms with Gasteiger partial charge in [0.15, 0.2) is 0 Å². The van der Waals surface area contributed by atoms with Gasteiger partial charge in [0.25, 0.3) is 0 Å². The Morgan fingerprint density at radius 2 is 1.38 bits per heavy atom. The molecule has 0 radical (unpaired) electrons. The van der Waals surface area contributed by atoms with Crippen LogP contribution in [0.3, 0.4) is 0 Å². The molecule has 0 spiro atoms. The van der Waals surface area contributed by atoms with Crippen LogP contribution in [0.25, 0.3) is 0 Å². The summed E-state index contributed by atoms with van der Waals surface area (Å²) in [4.78, 5) is 23.8. The average molecular weight is 439 g/mol. The van der Waals surface area contributed by atoms with Gasteiger partial charge >= 0.3 is 23.9 Å². The van der Waals surface area contributed by atoms with Gasteiger partial charge in [-0.05, 0) is 17.7 Å². The lowest BCUT2D eigenvalue weighted by Gasteiger charge is -2.27. The molecule has 11 heteroatoms. The summed E-state index contributed by atoms with van der Waals surface area (Å²) in [6.45, 7) is 0. The van der Waals surface area contributed by atoms with E-state index in [0.717, 1.165) is 29.5 Å². The second-order valence-corrected chi connectivity index (χ2v) is 6.66. The van der Waals surface area contributed by atoms with Gasteiger partial charge in [0.2, 0.25) is 5.12 Å². The summed E-state index contributed by atoms with van der Waals surface area (Å²) in [5.74, 6) is -15.4. The third kappa shape index (κ3) is 4.89. The Hall–Kier alpha value is -2.56. The van der Waals surface area contributed by atoms with Crippen LogP contribution in [0.1, 0.15) is 15.9 Å². The molecule has 0 saturated carbocycles. The Morgan fingerprint density at radius 3 is 1.97 bits per heavy atom. The van der Waals surface area contributed by atoms with E-state index in [0.29, 0.717) is 0 Å². The zero-order chi connectivity index (χ0) is 21.9. The predicted molar refractivity (Wildman–Crippen MR) is 93.1 cm³/mol. The number of amides is 1. The van der Waals surface area contributed by atoms with Crippen molar-refractivity contribution in [3.8, 4) is 0 Å². The number of para-hydroxylation sites is 1. The van der Waals surface area contributed by atoms with Crippen LogP contribution in [0.5, 0.6) is 0 Å². The van der Waals surface area contributed by atoms with Gasteiger partial charge < -0.3 is 5.32 Å². The number of hydrogen-bond acceptors (Lipinski definition) is 3. The molecule has 2 aromatic rings. The molecule has 1 N–H and O–H groups in total. The van der Waals surface area contributed by atoms with Crippen LogP contribution >= 0.6 is 11.8 Å². The second kappa shape index (κ2) is 8.44. The van der Waals surface area contributed by atoms with E-state index in [4.69, 9.17) is 0 Å². The fourth-order valence-corrected chi connectivity index (χ4v) is 2.92. The lowest BCUT2D eigenvalue weighted by atomic mass is 10.1. The van der Waals surface area contributed by atoms with E-state index in [1.54, 1.807) is 30.3 Å². The van der Waals surface area contributed by atoms with Crippen LogP contribution in [0, 0.1) is 0 Å². The lowest BCUT2D eigenvalue weighted by molar-refractivity contribution is -0.343. The predicted octanol–water partition coefficient (Wildman–Crippen LogP) is 5.53. The lowest BCUT2D eigenvalue weighted by Crippen LogP contribution is -2.57. The first-order chi connectivity index (χ1) is 13.4. The molecule has 156 valence electrons. The highest BCUT2D eigenvalue weighted by molar-refractivity contribution is 8.13. The molecule has 0 aliphatic heterocycles. The van der Waals surface area contributed by atoms with Crippen molar-refractivity contribution in [3.05, 3.63) is 65.7 Å². The standard InChI is InChI=1S/C18H12F7NO2S/c19-16(20,17(21,22)18(23,24)25)15(28)26-13-9-5-4-8-12(13)14(27)29-10-11-6-2-1-3-7-11/h1-9H,10H2,(H,26,28). The van der Waals surface area contributed by atoms with Gasteiger partial charge in [0.05, 0.1) is 11.3 Å². The number of carbonyl (C=O) groups excluding carboxylic acids is 2. The second-order valence-electron chi connectivity index (χ2n) is 5.71. The molecule has 0 aliphatic rings. The van der Waals surface area contributed by atoms with Crippen LogP contribution in [0.2, 0.25) is 0 Å². The summed E-state index contributed by atoms with van der Waals surface area (Å²) in [5.41, 5.74) is -0.183. The van der Waals surface area contributed by atoms with E-state index in [1.807, 2.05) is 0 Å². The molecule has 0 aromatic heterocycles. The van der Waals surface area contributed by atoms with Gasteiger partial charge in [0, 0.05) is 5.75 Å². The van der Waals surface area contributed by atoms with Crippen molar-refractivity contribution in [1.29, 1.82) is 0 Å². The maximum Gasteiger partial charge on any atom is 0.460 e. The third-order valence-corrected chi connectivity index (χ3v) is 4.60. The number of nitrogens with one attached hydrogen (secondary N) is 1. The average Bonchev–Trinajstić information content (AvgIpc) is 2.66. The number of anilines is 1. The van der Waals surface area contributed by atoms with E-state index in [2.05, 4.69) is 0 Å². The molecule has 0 heterocycles. The Bertz CT molecular complexity index is 885. The van der Waals surface area contributed by atoms with E-state index >= 15 is 0 Å². The van der Waals surface area contributed by atoms with E-state index in [9.17, 15) is 40.3 Å². The quantitative estimate of drug-likeness (QED) is 0.602. The Labute approximate surface area is 164 Å². The first kappa shape index (κ1) is 22.7. The highest BCUT2D eigenvalue weighted by atomic mass is 32.2. The maximum absolute atomic E-state index is 13.5. The summed E-state index contributed by atoms with van der Waals surface area (Å²) < 4.78 is 89.7. The number of hydrogen-bond donors (Lipinski definition) is 1. The van der Waals surface area contributed by atoms with Gasteiger partial charge in [-0.15, -0.1) is 0 Å². The summed E-state index contributed by atoms with van der Waals surface area (Å²) in [6.07, 6.45) is -6.64. The van der Waals surface area contributed by atoms with E-state index in [-0.39, 0.29) is 11.3 Å². The first-order valence-electron chi connectivity index (χ1n) is 7.82. The van der Waals surface area contributed by atoms with Crippen molar-refractivity contribution in [1.82, 2.24) is 0 Å². The third-order valence-electron chi connectivity index (χ3n) is 3.64. The SMILES string of the molecule is O=C(SCc1ccccc1)c1ccccc1NC(=O)C(F)(F)C(F)(F)C(F)(F)F. The number of carbonyl (C=O) groups is 2. The minimum absolute atomic E-state index is 0.185. The fraction of sp³-hybridized carbons (Fsp3) is 0.222. The van der Waals surface area contributed by atoms with Crippen molar-refractivity contribution >= 4 is 28.5 Å². The van der Waals surface area contributed by atoms with Gasteiger partial charge in [0.1, 0.15) is 0 Å². The van der Waals surface area contributed by atoms with Gasteiger partial charge in [-0.2, -0.15) is 30.7 Å². The molecule has 0 atom stereocenters. The molecular formula is C18H12F7NO2S. The van der Waals surface area contributed by atoms with Gasteiger partial charge in [-0.1, -0.05) is 54.2 Å². The van der Waals surface area contributed by atoms with Crippen LogP contribution in [0.15, 0.2) is 54.6 Å². The van der Waals surface area contributed by atoms with E-state index < -0.39 is 34.7 Å². The summed E-state index contributed by atoms with van der Waals surface area (Å²) >= 11 is 0.735. The zero-order valence-electron chi connectivity index (χ0n) is 14.3. The Kier molecular flexibility index (Phi) is 6.61. The van der Waals surface area contributed by atoms with Crippen molar-refractivity contribution in [2.24, 2.45) is 0 Å². The summed E-state index contributed by atoms with van der Waals surface area (Å²) in [7, 11) is 0. The monoisotopic (exact) mass is 439 g/mol. The fourth-order valence-electron chi connectivity index (χ4n) is 2.09. The highest BCUT2D eigenvalue weighted by Gasteiger charge is 2.76. The Balaban J connectivity index is 2.20. The highest BCUT2D eigenvalue weighted by Crippen LogP contribution is 2.47. The normalized spacial score (nSPS) is 12.5. The number of rotatable bonds is 6. The molecule has 0 aliphatic carbocycles. The van der Waals surface area contributed by atoms with Crippen molar-refractivity contribution in [2.75, 3.05) is 5.32 Å². The van der Waals surface area contributed by atoms with Crippen LogP contribution in [-0.2, 0) is 10.5 Å². The van der Waals surface area contributed by atoms with Crippen LogP contribution in [0.4, 0.5) is 36.4 Å². The first-order valence-corrected chi connectivity index (χ1v) is 8.80. The molecule has 0 fully saturated rings. The molecule has 0 bridgehead atoms. The summed E-state index contributed by atoms with van der Waals surface area (Å²) in [6, 6.07) is 13.2. The largest absolute Gasteiger partial charge is 0.460 e. The van der Waals surface area contributed by atoms with Crippen molar-refractivity contribution < 1.29 is 40.3 Å². The molecule has 2 aromatic carbocycles. The number of benzene rings is 2. The smallest absolute Gasteiger partial charge is 0.320 e. The van der Waals surface area contributed by atoms with Crippen LogP contribution in [-0.4, -0.2) is 29.0 Å². The van der Waals surface area contributed by atoms with Gasteiger partial charge in [-0.25, -0.2) is 0 Å². The minimum Gasteiger partial charge on any atom is -0.320 e. The number of thioether (sulfide) groups is 1. The molecule has 1 amide bonds. The number of alkyl halides is 7. The zero-order valence-corrected chi connectivity index (χ0v) is 15.1. The van der Waals surface area contributed by atoms with Crippen molar-refractivity contribution in [3.63, 3.8) is 0 Å². The molecule has 0 saturated heterocycles. The maximum atomic E-state index is 13.5. The van der Waals surface area contributed by atoms with Crippen LogP contribution < -0.4 is 5.32 Å². The van der Waals surface area contributed by atoms with Crippen molar-refractivity contribution in [2.45, 2.75) is 23.8 Å².